The van der Waals surface area contributed by atoms with Gasteiger partial charge in [0, 0.05) is 6.54 Å². The van der Waals surface area contributed by atoms with E-state index in [1.807, 2.05) is 17.0 Å². The molecule has 0 spiro atoms. The van der Waals surface area contributed by atoms with Crippen molar-refractivity contribution in [2.45, 2.75) is 37.3 Å². The lowest BCUT2D eigenvalue weighted by molar-refractivity contribution is -0.134. The van der Waals surface area contributed by atoms with Crippen molar-refractivity contribution in [2.24, 2.45) is 5.73 Å². The molecule has 1 heterocycles. The number of hydrogen-bond donors (Lipinski definition) is 1. The van der Waals surface area contributed by atoms with Crippen LogP contribution in [0.15, 0.2) is 18.2 Å². The SMILES string of the molecule is NC1(C(=O)N2CCCC2c2ccc(Cl)c(Cl)c2)CC1. The molecule has 1 aliphatic carbocycles. The van der Waals surface area contributed by atoms with Crippen LogP contribution >= 0.6 is 23.2 Å². The zero-order valence-corrected chi connectivity index (χ0v) is 12.0. The second-order valence-corrected chi connectivity index (χ2v) is 6.30. The number of amides is 1. The summed E-state index contributed by atoms with van der Waals surface area (Å²) in [5.41, 5.74) is 6.47. The van der Waals surface area contributed by atoms with Gasteiger partial charge in [0.15, 0.2) is 0 Å². The molecule has 2 fully saturated rings. The van der Waals surface area contributed by atoms with Crippen LogP contribution in [0.2, 0.25) is 10.0 Å². The number of carbonyl (C=O) groups is 1. The van der Waals surface area contributed by atoms with E-state index in [0.717, 1.165) is 37.8 Å². The van der Waals surface area contributed by atoms with Crippen LogP contribution in [0.4, 0.5) is 0 Å². The lowest BCUT2D eigenvalue weighted by Crippen LogP contribution is -2.45. The third-order valence-corrected chi connectivity index (χ3v) is 4.80. The first-order valence-electron chi connectivity index (χ1n) is 6.56. The van der Waals surface area contributed by atoms with E-state index in [9.17, 15) is 4.79 Å². The van der Waals surface area contributed by atoms with Crippen molar-refractivity contribution in [1.29, 1.82) is 0 Å². The Bertz CT molecular complexity index is 528. The molecule has 1 unspecified atom stereocenters. The number of carbonyl (C=O) groups excluding carboxylic acids is 1. The van der Waals surface area contributed by atoms with Gasteiger partial charge in [0.05, 0.1) is 21.6 Å². The fourth-order valence-corrected chi connectivity index (χ4v) is 3.02. The van der Waals surface area contributed by atoms with Gasteiger partial charge in [0.25, 0.3) is 0 Å². The van der Waals surface area contributed by atoms with E-state index < -0.39 is 5.54 Å². The Morgan fingerprint density at radius 3 is 2.68 bits per heavy atom. The van der Waals surface area contributed by atoms with Gasteiger partial charge < -0.3 is 10.6 Å². The van der Waals surface area contributed by atoms with Gasteiger partial charge in [-0.15, -0.1) is 0 Å². The molecular weight excluding hydrogens is 283 g/mol. The molecule has 0 aromatic heterocycles. The highest BCUT2D eigenvalue weighted by Crippen LogP contribution is 2.41. The number of benzene rings is 1. The summed E-state index contributed by atoms with van der Waals surface area (Å²) in [5, 5.41) is 1.08. The molecule has 0 radical (unpaired) electrons. The normalized spacial score (nSPS) is 24.6. The topological polar surface area (TPSA) is 46.3 Å². The first-order valence-corrected chi connectivity index (χ1v) is 7.32. The maximum atomic E-state index is 12.4. The second kappa shape index (κ2) is 4.65. The van der Waals surface area contributed by atoms with Crippen molar-refractivity contribution in [2.75, 3.05) is 6.54 Å². The van der Waals surface area contributed by atoms with Crippen molar-refractivity contribution in [3.63, 3.8) is 0 Å². The summed E-state index contributed by atoms with van der Waals surface area (Å²) in [5.74, 6) is 0.0843. The molecule has 1 saturated heterocycles. The zero-order chi connectivity index (χ0) is 13.6. The van der Waals surface area contributed by atoms with E-state index in [4.69, 9.17) is 28.9 Å². The van der Waals surface area contributed by atoms with Crippen LogP contribution in [0.5, 0.6) is 0 Å². The van der Waals surface area contributed by atoms with Gasteiger partial charge in [-0.3, -0.25) is 4.79 Å². The summed E-state index contributed by atoms with van der Waals surface area (Å²) in [7, 11) is 0. The molecule has 5 heteroatoms. The number of nitrogens with two attached hydrogens (primary N) is 1. The van der Waals surface area contributed by atoms with Crippen LogP contribution in [0.1, 0.15) is 37.3 Å². The number of rotatable bonds is 2. The maximum Gasteiger partial charge on any atom is 0.243 e. The Labute approximate surface area is 122 Å². The number of nitrogens with zero attached hydrogens (tertiary/aromatic N) is 1. The first kappa shape index (κ1) is 13.2. The predicted molar refractivity (Wildman–Crippen MR) is 76.3 cm³/mol. The molecule has 3 nitrogen and oxygen atoms in total. The van der Waals surface area contributed by atoms with E-state index in [-0.39, 0.29) is 11.9 Å². The Kier molecular flexibility index (Phi) is 3.24. The average Bonchev–Trinajstić information content (AvgIpc) is 2.96. The van der Waals surface area contributed by atoms with Crippen LogP contribution < -0.4 is 5.73 Å². The molecule has 1 aliphatic heterocycles. The molecule has 0 bridgehead atoms. The van der Waals surface area contributed by atoms with Crippen molar-refractivity contribution in [3.8, 4) is 0 Å². The van der Waals surface area contributed by atoms with Gasteiger partial charge in [0.1, 0.15) is 0 Å². The lowest BCUT2D eigenvalue weighted by atomic mass is 10.0. The van der Waals surface area contributed by atoms with Crippen molar-refractivity contribution in [1.82, 2.24) is 4.90 Å². The molecule has 2 N–H and O–H groups in total. The molecule has 1 aromatic rings. The van der Waals surface area contributed by atoms with Crippen LogP contribution in [0.3, 0.4) is 0 Å². The smallest absolute Gasteiger partial charge is 0.243 e. The number of likely N-dealkylation sites (tertiary alicyclic amines) is 1. The largest absolute Gasteiger partial charge is 0.334 e. The molecule has 2 aliphatic rings. The van der Waals surface area contributed by atoms with E-state index >= 15 is 0 Å². The fourth-order valence-electron chi connectivity index (χ4n) is 2.71. The Hall–Kier alpha value is -0.770. The Morgan fingerprint density at radius 2 is 2.05 bits per heavy atom. The highest BCUT2D eigenvalue weighted by atomic mass is 35.5. The monoisotopic (exact) mass is 298 g/mol. The maximum absolute atomic E-state index is 12.4. The van der Waals surface area contributed by atoms with Crippen molar-refractivity contribution in [3.05, 3.63) is 33.8 Å². The summed E-state index contributed by atoms with van der Waals surface area (Å²) in [6, 6.07) is 5.68. The Balaban J connectivity index is 1.86. The van der Waals surface area contributed by atoms with Crippen LogP contribution in [-0.4, -0.2) is 22.9 Å². The predicted octanol–water partition coefficient (Wildman–Crippen LogP) is 3.15. The molecule has 3 rings (SSSR count). The summed E-state index contributed by atoms with van der Waals surface area (Å²) in [4.78, 5) is 14.3. The highest BCUT2D eigenvalue weighted by Gasteiger charge is 2.50. The number of halogens is 2. The minimum absolute atomic E-state index is 0.0843. The van der Waals surface area contributed by atoms with Gasteiger partial charge in [0.2, 0.25) is 5.91 Å². The molecule has 102 valence electrons. The van der Waals surface area contributed by atoms with Gasteiger partial charge >= 0.3 is 0 Å². The van der Waals surface area contributed by atoms with E-state index in [2.05, 4.69) is 0 Å². The fraction of sp³-hybridized carbons (Fsp3) is 0.500. The van der Waals surface area contributed by atoms with Crippen LogP contribution in [0, 0.1) is 0 Å². The number of hydrogen-bond acceptors (Lipinski definition) is 2. The van der Waals surface area contributed by atoms with E-state index in [1.165, 1.54) is 0 Å². The van der Waals surface area contributed by atoms with E-state index in [0.29, 0.717) is 10.0 Å². The molecular formula is C14H16Cl2N2O. The third-order valence-electron chi connectivity index (χ3n) is 4.06. The van der Waals surface area contributed by atoms with Crippen LogP contribution in [0.25, 0.3) is 0 Å². The summed E-state index contributed by atoms with van der Waals surface area (Å²) < 4.78 is 0. The lowest BCUT2D eigenvalue weighted by Gasteiger charge is -2.28. The molecule has 1 saturated carbocycles. The third kappa shape index (κ3) is 2.35. The molecule has 1 aromatic carbocycles. The average molecular weight is 299 g/mol. The second-order valence-electron chi connectivity index (χ2n) is 5.49. The molecule has 19 heavy (non-hydrogen) atoms. The summed E-state index contributed by atoms with van der Waals surface area (Å²) in [6.45, 7) is 0.780. The highest BCUT2D eigenvalue weighted by molar-refractivity contribution is 6.42. The van der Waals surface area contributed by atoms with Crippen molar-refractivity contribution < 1.29 is 4.79 Å². The minimum Gasteiger partial charge on any atom is -0.334 e. The van der Waals surface area contributed by atoms with E-state index in [1.54, 1.807) is 6.07 Å². The standard InChI is InChI=1S/C14H16Cl2N2O/c15-10-4-3-9(8-11(10)16)12-2-1-7-18(12)13(19)14(17)5-6-14/h3-4,8,12H,1-2,5-7,17H2. The van der Waals surface area contributed by atoms with Gasteiger partial charge in [-0.2, -0.15) is 0 Å². The molecule has 1 atom stereocenters. The zero-order valence-electron chi connectivity index (χ0n) is 10.5. The Morgan fingerprint density at radius 1 is 1.32 bits per heavy atom. The van der Waals surface area contributed by atoms with Gasteiger partial charge in [-0.05, 0) is 43.4 Å². The van der Waals surface area contributed by atoms with Gasteiger partial charge in [-0.25, -0.2) is 0 Å². The summed E-state index contributed by atoms with van der Waals surface area (Å²) >= 11 is 12.0. The van der Waals surface area contributed by atoms with Crippen molar-refractivity contribution >= 4 is 29.1 Å². The quantitative estimate of drug-likeness (QED) is 0.912. The van der Waals surface area contributed by atoms with Gasteiger partial charge in [-0.1, -0.05) is 29.3 Å². The summed E-state index contributed by atoms with van der Waals surface area (Å²) in [6.07, 6.45) is 3.57. The first-order chi connectivity index (χ1) is 9.01. The molecule has 1 amide bonds. The van der Waals surface area contributed by atoms with Crippen LogP contribution in [-0.2, 0) is 4.79 Å². The minimum atomic E-state index is -0.598.